The quantitative estimate of drug-likeness (QED) is 0.0302. The summed E-state index contributed by atoms with van der Waals surface area (Å²) in [4.78, 5) is 53.8. The minimum Gasteiger partial charge on any atom is -0.872 e. The predicted octanol–water partition coefficient (Wildman–Crippen LogP) is 6.02. The van der Waals surface area contributed by atoms with E-state index in [-0.39, 0.29) is 128 Å². The van der Waals surface area contributed by atoms with Gasteiger partial charge < -0.3 is 102 Å². The van der Waals surface area contributed by atoms with Crippen LogP contribution in [0, 0.1) is 145 Å². The zero-order valence-corrected chi connectivity index (χ0v) is 64.5. The first-order valence-electron chi connectivity index (χ1n) is 30.2. The molecule has 0 aromatic heterocycles. The summed E-state index contributed by atoms with van der Waals surface area (Å²) in [6, 6.07) is 22.4. The Hall–Kier alpha value is -5.85. The van der Waals surface area contributed by atoms with E-state index in [2.05, 4.69) is 72.1 Å². The molecular weight excluding hydrogens is 1470 g/mol. The topological polar surface area (TPSA) is 439 Å². The van der Waals surface area contributed by atoms with Gasteiger partial charge in [0, 0.05) is 51.0 Å². The molecule has 4 aromatic rings. The third kappa shape index (κ3) is 51.5. The van der Waals surface area contributed by atoms with Crippen LogP contribution >= 0.6 is 0 Å². The van der Waals surface area contributed by atoms with Crippen molar-refractivity contribution in [2.24, 2.45) is 20.0 Å². The molecule has 0 bridgehead atoms. The maximum Gasteiger partial charge on any atom is 4.00 e. The Balaban J connectivity index is -0.000000283. The van der Waals surface area contributed by atoms with Crippen molar-refractivity contribution in [1.29, 1.82) is 0 Å². The molecule has 0 fully saturated rings. The minimum atomic E-state index is -1.75. The Morgan fingerprint density at radius 1 is 0.340 bits per heavy atom. The van der Waals surface area contributed by atoms with Crippen molar-refractivity contribution in [3.63, 3.8) is 0 Å². The summed E-state index contributed by atoms with van der Waals surface area (Å²) in [7, 11) is 0. The van der Waals surface area contributed by atoms with Crippen molar-refractivity contribution in [1.82, 2.24) is 10.6 Å². The number of hydrogen-bond donors (Lipinski definition) is 4. The van der Waals surface area contributed by atoms with E-state index in [1.165, 1.54) is 39.3 Å². The van der Waals surface area contributed by atoms with Crippen molar-refractivity contribution < 1.29 is 134 Å². The van der Waals surface area contributed by atoms with Crippen LogP contribution in [0.1, 0.15) is 169 Å². The van der Waals surface area contributed by atoms with Gasteiger partial charge in [-0.25, -0.2) is 0 Å². The van der Waals surface area contributed by atoms with E-state index < -0.39 is 20.3 Å². The molecule has 0 radical (unpaired) electrons. The van der Waals surface area contributed by atoms with Gasteiger partial charge in [-0.15, -0.1) is 0 Å². The summed E-state index contributed by atoms with van der Waals surface area (Å²) >= 11 is 0. The number of nitrogens with zero attached hydrogens (tertiary/aromatic N) is 8. The third-order valence-corrected chi connectivity index (χ3v) is 13.0. The van der Waals surface area contributed by atoms with Gasteiger partial charge in [0.25, 0.3) is 0 Å². The van der Waals surface area contributed by atoms with Crippen LogP contribution in [-0.2, 0) is 21.7 Å². The number of aliphatic imine (C=N–C) groups is 4. The van der Waals surface area contributed by atoms with Gasteiger partial charge in [-0.2, -0.15) is 0 Å². The molecule has 0 saturated heterocycles. The Morgan fingerprint density at radius 3 is 0.606 bits per heavy atom. The molecule has 4 rings (SSSR count). The average Bonchev–Trinajstić information content (AvgIpc) is 0.888. The Labute approximate surface area is 623 Å². The summed E-state index contributed by atoms with van der Waals surface area (Å²) in [5.74, 6) is 0.201. The molecule has 0 amide bonds. The number of nitrogens with one attached hydrogen (secondary N) is 4. The van der Waals surface area contributed by atoms with Crippen LogP contribution in [0.5, 0.6) is 23.0 Å². The van der Waals surface area contributed by atoms with E-state index >= 15 is 0 Å². The second-order valence-electron chi connectivity index (χ2n) is 24.1. The monoisotopic (exact) mass is 1570 g/mol. The zero-order valence-electron chi connectivity index (χ0n) is 58.2. The number of hydrogen-bond acceptors (Lipinski definition) is 22. The second-order valence-corrected chi connectivity index (χ2v) is 24.1. The van der Waals surface area contributed by atoms with Crippen LogP contribution in [-0.4, -0.2) is 137 Å². The normalized spacial score (nSPS) is 11.0. The number of para-hydroxylation sites is 4. The SMILES string of the molecule is CC(C)(C)c1cccc(C=NCCNCCN=Cc2cccc(C(C)(C)C)c2[O-])c1[O-].CC(C)(C)c1cccc(C=NCCNCCN=Cc2cccc(C(C)(C)C)c2[O-])c1[O-].CC[NH+](CC)CC.CC[NH+](CC)CC.O=[N+]([O-])[O-].O=[N+]([O-])[O-].O=[N+]([O-])[O-].O=[N+]([O-])[O-].[Ce+4].[Ce+4]. The Bertz CT molecular complexity index is 2440. The van der Waals surface area contributed by atoms with Crippen LogP contribution in [0.2, 0.25) is 0 Å². The zero-order chi connectivity index (χ0) is 71.8. The van der Waals surface area contributed by atoms with E-state index in [1.54, 1.807) is 34.7 Å². The fourth-order valence-corrected chi connectivity index (χ4v) is 7.96. The summed E-state index contributed by atoms with van der Waals surface area (Å²) in [6.45, 7) is 50.6. The molecule has 94 heavy (non-hydrogen) atoms. The molecule has 0 spiro atoms. The van der Waals surface area contributed by atoms with Gasteiger partial charge in [0.05, 0.1) is 85.8 Å². The standard InChI is InChI=1S/2C26H37N3O2.2C6H15N.2Ce.4NO3/c2*1-25(2,3)21-11-7-9-19(23(21)30)17-28-15-13-27-14-16-29-18-20-10-8-12-22(24(20)31)26(4,5)6;2*1-4-7(5-2)6-3;;;4*2-1(3)4/h2*7-12,17-18,27,30-31H,13-16H2,1-6H3;2*4-6H2,1-3H3;;;;;;/q;;;;2*+4;4*-1/p-2. The largest absolute Gasteiger partial charge is 4.00 e. The molecule has 520 valence electrons. The number of quaternary nitrogens is 2. The molecule has 4 aromatic carbocycles. The number of rotatable bonds is 22. The van der Waals surface area contributed by atoms with Crippen LogP contribution in [0.4, 0.5) is 0 Å². The molecule has 0 saturated carbocycles. The summed E-state index contributed by atoms with van der Waals surface area (Å²) in [5.41, 5.74) is 5.03. The van der Waals surface area contributed by atoms with E-state index in [9.17, 15) is 20.4 Å². The molecular formula is C64H102Ce2N12O16+2. The Kier molecular flexibility index (Phi) is 58.4. The molecule has 0 aliphatic rings. The van der Waals surface area contributed by atoms with Gasteiger partial charge >= 0.3 is 83.5 Å². The summed E-state index contributed by atoms with van der Waals surface area (Å²) < 4.78 is 0. The van der Waals surface area contributed by atoms with Crippen LogP contribution in [0.15, 0.2) is 92.8 Å². The van der Waals surface area contributed by atoms with Gasteiger partial charge in [-0.3, -0.25) is 20.0 Å². The maximum atomic E-state index is 12.5. The summed E-state index contributed by atoms with van der Waals surface area (Å²) in [6.07, 6.45) is 6.65. The second kappa shape index (κ2) is 55.3. The average molecular weight is 1580 g/mol. The Morgan fingerprint density at radius 2 is 0.489 bits per heavy atom. The molecule has 30 heteroatoms. The van der Waals surface area contributed by atoms with E-state index in [1.807, 2.05) is 156 Å². The molecule has 0 unspecified atom stereocenters. The first-order valence-corrected chi connectivity index (χ1v) is 30.2. The van der Waals surface area contributed by atoms with E-state index in [0.29, 0.717) is 74.6 Å². The summed E-state index contributed by atoms with van der Waals surface area (Å²) in [5, 5.41) is 116. The fourth-order valence-electron chi connectivity index (χ4n) is 7.96. The van der Waals surface area contributed by atoms with Crippen LogP contribution in [0.3, 0.4) is 0 Å². The third-order valence-electron chi connectivity index (χ3n) is 13.0. The predicted molar refractivity (Wildman–Crippen MR) is 361 cm³/mol. The van der Waals surface area contributed by atoms with Gasteiger partial charge in [-0.05, 0) is 108 Å². The van der Waals surface area contributed by atoms with Crippen molar-refractivity contribution >= 4 is 24.9 Å². The molecule has 28 nitrogen and oxygen atoms in total. The number of benzene rings is 4. The van der Waals surface area contributed by atoms with E-state index in [4.69, 9.17) is 61.3 Å². The van der Waals surface area contributed by atoms with Crippen molar-refractivity contribution in [3.05, 3.63) is 179 Å². The molecule has 0 heterocycles. The first kappa shape index (κ1) is 99.2. The molecule has 0 aliphatic heterocycles. The maximum absolute atomic E-state index is 12.5. The fraction of sp³-hybridized carbons (Fsp3) is 0.562. The smallest absolute Gasteiger partial charge is 0.872 e. The van der Waals surface area contributed by atoms with Gasteiger partial charge in [-0.1, -0.05) is 179 Å². The van der Waals surface area contributed by atoms with E-state index in [0.717, 1.165) is 22.3 Å². The van der Waals surface area contributed by atoms with Gasteiger partial charge in [0.15, 0.2) is 0 Å². The van der Waals surface area contributed by atoms with Gasteiger partial charge in [0.2, 0.25) is 0 Å². The molecule has 4 N–H and O–H groups in total. The van der Waals surface area contributed by atoms with Crippen molar-refractivity contribution in [2.75, 3.05) is 91.6 Å². The van der Waals surface area contributed by atoms with Crippen molar-refractivity contribution in [3.8, 4) is 23.0 Å². The molecule has 0 atom stereocenters. The van der Waals surface area contributed by atoms with Crippen LogP contribution in [0.25, 0.3) is 0 Å². The first-order chi connectivity index (χ1) is 42.7. The van der Waals surface area contributed by atoms with Crippen molar-refractivity contribution in [2.45, 2.75) is 146 Å². The minimum absolute atomic E-state index is 0. The van der Waals surface area contributed by atoms with Gasteiger partial charge in [0.1, 0.15) is 0 Å². The van der Waals surface area contributed by atoms with Crippen LogP contribution < -0.4 is 40.9 Å². The molecule has 0 aliphatic carbocycles.